The van der Waals surface area contributed by atoms with Crippen LogP contribution in [0.25, 0.3) is 0 Å². The molecule has 0 saturated heterocycles. The average Bonchev–Trinajstić information content (AvgIpc) is 3.22. The Bertz CT molecular complexity index is 890. The van der Waals surface area contributed by atoms with Gasteiger partial charge >= 0.3 is 12.1 Å². The molecular formula is C22H25F3N2O2S. The fourth-order valence-electron chi connectivity index (χ4n) is 3.74. The third kappa shape index (κ3) is 5.03. The molecule has 162 valence electrons. The number of benzene rings is 1. The topological polar surface area (TPSA) is 49.4 Å². The van der Waals surface area contributed by atoms with Gasteiger partial charge in [0.2, 0.25) is 5.91 Å². The summed E-state index contributed by atoms with van der Waals surface area (Å²) < 4.78 is 40.7. The van der Waals surface area contributed by atoms with E-state index in [9.17, 15) is 22.8 Å². The number of amides is 2. The monoisotopic (exact) mass is 438 g/mol. The molecule has 0 aliphatic heterocycles. The molecule has 0 unspecified atom stereocenters. The molecule has 0 bridgehead atoms. The number of carbonyl (C=O) groups is 2. The summed E-state index contributed by atoms with van der Waals surface area (Å²) in [5, 5.41) is 4.58. The molecular weight excluding hydrogens is 413 g/mol. The zero-order valence-corrected chi connectivity index (χ0v) is 17.8. The molecule has 1 aromatic heterocycles. The molecule has 1 saturated carbocycles. The maximum atomic E-state index is 13.6. The zero-order valence-electron chi connectivity index (χ0n) is 17.0. The number of hydrogen-bond acceptors (Lipinski definition) is 3. The largest absolute Gasteiger partial charge is 0.471 e. The molecule has 1 aliphatic carbocycles. The molecule has 0 radical (unpaired) electrons. The highest BCUT2D eigenvalue weighted by Gasteiger charge is 2.48. The van der Waals surface area contributed by atoms with Crippen LogP contribution in [-0.4, -0.2) is 24.0 Å². The number of alkyl halides is 3. The number of rotatable bonds is 5. The lowest BCUT2D eigenvalue weighted by Gasteiger charge is -2.33. The minimum absolute atomic E-state index is 0.0534. The number of carbonyl (C=O) groups excluding carboxylic acids is 2. The number of nitrogens with one attached hydrogen (secondary N) is 1. The van der Waals surface area contributed by atoms with Crippen LogP contribution in [0.3, 0.4) is 0 Å². The van der Waals surface area contributed by atoms with Crippen molar-refractivity contribution in [3.05, 3.63) is 51.7 Å². The van der Waals surface area contributed by atoms with Crippen LogP contribution in [0.4, 0.5) is 18.9 Å². The van der Waals surface area contributed by atoms with Gasteiger partial charge in [-0.2, -0.15) is 13.2 Å². The molecule has 2 aromatic rings. The van der Waals surface area contributed by atoms with Gasteiger partial charge in [-0.3, -0.25) is 14.5 Å². The fraction of sp³-hybridized carbons (Fsp3) is 0.455. The van der Waals surface area contributed by atoms with Crippen LogP contribution in [0, 0.1) is 13.8 Å². The second-order valence-corrected chi connectivity index (χ2v) is 8.68. The Hall–Kier alpha value is -2.35. The van der Waals surface area contributed by atoms with Crippen LogP contribution >= 0.6 is 11.3 Å². The van der Waals surface area contributed by atoms with Crippen molar-refractivity contribution in [3.8, 4) is 0 Å². The number of hydrogen-bond donors (Lipinski definition) is 1. The normalized spacial score (nSPS) is 16.2. The van der Waals surface area contributed by atoms with E-state index in [2.05, 4.69) is 5.32 Å². The van der Waals surface area contributed by atoms with Gasteiger partial charge in [-0.1, -0.05) is 31.4 Å². The SMILES string of the molecule is Cc1ccc(N(C(=O)C(F)(F)F)[C@@H](C(=O)NC2CCCCC2)c2cccs2)cc1C. The Labute approximate surface area is 178 Å². The smallest absolute Gasteiger partial charge is 0.351 e. The third-order valence-corrected chi connectivity index (χ3v) is 6.43. The van der Waals surface area contributed by atoms with Crippen molar-refractivity contribution in [3.63, 3.8) is 0 Å². The number of thiophene rings is 1. The molecule has 4 nitrogen and oxygen atoms in total. The summed E-state index contributed by atoms with van der Waals surface area (Å²) >= 11 is 1.16. The first-order valence-electron chi connectivity index (χ1n) is 10.00. The molecule has 1 atom stereocenters. The van der Waals surface area contributed by atoms with E-state index in [-0.39, 0.29) is 11.7 Å². The van der Waals surface area contributed by atoms with Gasteiger partial charge in [-0.25, -0.2) is 0 Å². The second-order valence-electron chi connectivity index (χ2n) is 7.70. The van der Waals surface area contributed by atoms with Gasteiger partial charge in [-0.15, -0.1) is 11.3 Å². The van der Waals surface area contributed by atoms with E-state index in [4.69, 9.17) is 0 Å². The highest BCUT2D eigenvalue weighted by molar-refractivity contribution is 7.10. The van der Waals surface area contributed by atoms with E-state index in [0.29, 0.717) is 9.78 Å². The third-order valence-electron chi connectivity index (χ3n) is 5.50. The first kappa shape index (κ1) is 22.3. The number of halogens is 3. The van der Waals surface area contributed by atoms with E-state index in [0.717, 1.165) is 54.6 Å². The van der Waals surface area contributed by atoms with Crippen molar-refractivity contribution in [2.75, 3.05) is 4.90 Å². The van der Waals surface area contributed by atoms with Crippen LogP contribution < -0.4 is 10.2 Å². The molecule has 1 fully saturated rings. The van der Waals surface area contributed by atoms with E-state index in [1.54, 1.807) is 30.5 Å². The number of nitrogens with zero attached hydrogens (tertiary/aromatic N) is 1. The van der Waals surface area contributed by atoms with Gasteiger partial charge in [0.25, 0.3) is 0 Å². The van der Waals surface area contributed by atoms with E-state index >= 15 is 0 Å². The standard InChI is InChI=1S/C22H25F3N2O2S/c1-14-10-11-17(13-15(14)2)27(21(29)22(23,24)25)19(18-9-6-12-30-18)20(28)26-16-7-4-3-5-8-16/h6,9-13,16,19H,3-5,7-8H2,1-2H3,(H,26,28)/t19-/m1/s1. The van der Waals surface area contributed by atoms with Crippen LogP contribution in [0.1, 0.15) is 54.1 Å². The molecule has 1 aromatic carbocycles. The lowest BCUT2D eigenvalue weighted by Crippen LogP contribution is -2.50. The minimum atomic E-state index is -5.11. The van der Waals surface area contributed by atoms with Crippen LogP contribution in [0.15, 0.2) is 35.7 Å². The molecule has 1 aliphatic rings. The predicted octanol–water partition coefficient (Wildman–Crippen LogP) is 5.45. The Morgan fingerprint density at radius 3 is 2.37 bits per heavy atom. The van der Waals surface area contributed by atoms with Gasteiger partial charge in [0.05, 0.1) is 0 Å². The first-order chi connectivity index (χ1) is 14.2. The van der Waals surface area contributed by atoms with Crippen molar-refractivity contribution < 1.29 is 22.8 Å². The highest BCUT2D eigenvalue weighted by Crippen LogP contribution is 2.35. The molecule has 30 heavy (non-hydrogen) atoms. The molecule has 0 spiro atoms. The van der Waals surface area contributed by atoms with Crippen molar-refractivity contribution in [2.45, 2.75) is 64.2 Å². The van der Waals surface area contributed by atoms with E-state index in [1.165, 1.54) is 12.1 Å². The predicted molar refractivity (Wildman–Crippen MR) is 112 cm³/mol. The zero-order chi connectivity index (χ0) is 21.9. The Morgan fingerprint density at radius 1 is 1.10 bits per heavy atom. The average molecular weight is 439 g/mol. The summed E-state index contributed by atoms with van der Waals surface area (Å²) in [5.74, 6) is -2.64. The summed E-state index contributed by atoms with van der Waals surface area (Å²) in [7, 11) is 0. The maximum absolute atomic E-state index is 13.6. The lowest BCUT2D eigenvalue weighted by molar-refractivity contribution is -0.171. The van der Waals surface area contributed by atoms with Crippen LogP contribution in [-0.2, 0) is 9.59 Å². The van der Waals surface area contributed by atoms with E-state index < -0.39 is 24.0 Å². The quantitative estimate of drug-likeness (QED) is 0.675. The van der Waals surface area contributed by atoms with Crippen LogP contribution in [0.2, 0.25) is 0 Å². The maximum Gasteiger partial charge on any atom is 0.471 e. The molecule has 2 amide bonds. The molecule has 1 heterocycles. The lowest BCUT2D eigenvalue weighted by atomic mass is 9.95. The Morgan fingerprint density at radius 2 is 1.80 bits per heavy atom. The summed E-state index contributed by atoms with van der Waals surface area (Å²) in [6.45, 7) is 3.60. The van der Waals surface area contributed by atoms with Crippen molar-refractivity contribution >= 4 is 28.8 Å². The molecule has 1 N–H and O–H groups in total. The minimum Gasteiger partial charge on any atom is -0.351 e. The summed E-state index contributed by atoms with van der Waals surface area (Å²) in [6.07, 6.45) is -0.505. The van der Waals surface area contributed by atoms with Crippen molar-refractivity contribution in [1.29, 1.82) is 0 Å². The van der Waals surface area contributed by atoms with Crippen molar-refractivity contribution in [2.24, 2.45) is 0 Å². The highest BCUT2D eigenvalue weighted by atomic mass is 32.1. The second kappa shape index (κ2) is 9.20. The van der Waals surface area contributed by atoms with Gasteiger partial charge in [0.1, 0.15) is 0 Å². The number of anilines is 1. The number of aryl methyl sites for hydroxylation is 2. The van der Waals surface area contributed by atoms with E-state index in [1.807, 2.05) is 6.92 Å². The van der Waals surface area contributed by atoms with Gasteiger partial charge < -0.3 is 5.32 Å². The summed E-state index contributed by atoms with van der Waals surface area (Å²) in [5.41, 5.74) is 1.68. The van der Waals surface area contributed by atoms with Crippen LogP contribution in [0.5, 0.6) is 0 Å². The molecule has 8 heteroatoms. The Balaban J connectivity index is 2.05. The van der Waals surface area contributed by atoms with Crippen molar-refractivity contribution in [1.82, 2.24) is 5.32 Å². The fourth-order valence-corrected chi connectivity index (χ4v) is 4.56. The van der Waals surface area contributed by atoms with Gasteiger partial charge in [-0.05, 0) is 61.4 Å². The molecule has 3 rings (SSSR count). The van der Waals surface area contributed by atoms with Gasteiger partial charge in [0.15, 0.2) is 6.04 Å². The summed E-state index contributed by atoms with van der Waals surface area (Å²) in [4.78, 5) is 26.7. The first-order valence-corrected chi connectivity index (χ1v) is 10.9. The summed E-state index contributed by atoms with van der Waals surface area (Å²) in [6, 6.07) is 6.42. The Kier molecular flexibility index (Phi) is 6.85. The van der Waals surface area contributed by atoms with Gasteiger partial charge in [0, 0.05) is 16.6 Å².